The van der Waals surface area contributed by atoms with E-state index in [2.05, 4.69) is 15.4 Å². The zero-order valence-electron chi connectivity index (χ0n) is 12.9. The van der Waals surface area contributed by atoms with Crippen LogP contribution in [0.3, 0.4) is 0 Å². The van der Waals surface area contributed by atoms with Gasteiger partial charge in [-0.25, -0.2) is 9.67 Å². The Morgan fingerprint density at radius 1 is 1.41 bits per heavy atom. The second-order valence-corrected chi connectivity index (χ2v) is 6.10. The molecule has 3 rings (SSSR count). The van der Waals surface area contributed by atoms with E-state index in [0.717, 1.165) is 36.1 Å². The van der Waals surface area contributed by atoms with Gasteiger partial charge in [0.05, 0.1) is 18.7 Å². The number of hydrogen-bond acceptors (Lipinski definition) is 4. The molecular formula is C16H21ClN4O. The predicted molar refractivity (Wildman–Crippen MR) is 85.9 cm³/mol. The number of fused-ring (bicyclic) bond motifs is 1. The fraction of sp³-hybridized carbons (Fsp3) is 0.500. The minimum absolute atomic E-state index is 0.107. The van der Waals surface area contributed by atoms with Crippen molar-refractivity contribution in [1.29, 1.82) is 0 Å². The molecule has 6 heteroatoms. The van der Waals surface area contributed by atoms with Crippen LogP contribution in [0.5, 0.6) is 0 Å². The summed E-state index contributed by atoms with van der Waals surface area (Å²) >= 11 is 5.98. The first-order valence-electron chi connectivity index (χ1n) is 7.59. The highest BCUT2D eigenvalue weighted by atomic mass is 35.5. The van der Waals surface area contributed by atoms with E-state index in [1.165, 1.54) is 5.56 Å². The molecule has 1 aromatic carbocycles. The zero-order valence-corrected chi connectivity index (χ0v) is 13.7. The Labute approximate surface area is 135 Å². The first-order chi connectivity index (χ1) is 10.7. The van der Waals surface area contributed by atoms with Crippen LogP contribution in [0.15, 0.2) is 24.3 Å². The van der Waals surface area contributed by atoms with E-state index in [9.17, 15) is 0 Å². The van der Waals surface area contributed by atoms with Crippen molar-refractivity contribution in [2.75, 3.05) is 13.7 Å². The fourth-order valence-electron chi connectivity index (χ4n) is 2.97. The molecule has 1 N–H and O–H groups in total. The van der Waals surface area contributed by atoms with Gasteiger partial charge in [0, 0.05) is 18.7 Å². The number of methoxy groups -OCH3 is 1. The van der Waals surface area contributed by atoms with Crippen LogP contribution >= 0.6 is 11.6 Å². The normalized spacial score (nSPS) is 19.0. The second kappa shape index (κ2) is 6.77. The van der Waals surface area contributed by atoms with Gasteiger partial charge in [-0.1, -0.05) is 23.7 Å². The number of nitrogens with one attached hydrogen (secondary N) is 1. The largest absolute Gasteiger partial charge is 0.383 e. The quantitative estimate of drug-likeness (QED) is 0.920. The maximum absolute atomic E-state index is 5.98. The summed E-state index contributed by atoms with van der Waals surface area (Å²) in [6.07, 6.45) is 2.17. The summed E-state index contributed by atoms with van der Waals surface area (Å²) in [6.45, 7) is 3.49. The molecular weight excluding hydrogens is 300 g/mol. The number of halogens is 1. The number of nitrogens with zero attached hydrogens (tertiary/aromatic N) is 3. The van der Waals surface area contributed by atoms with E-state index in [-0.39, 0.29) is 12.1 Å². The summed E-state index contributed by atoms with van der Waals surface area (Å²) in [4.78, 5) is 4.58. The topological polar surface area (TPSA) is 52.0 Å². The molecule has 0 spiro atoms. The van der Waals surface area contributed by atoms with Gasteiger partial charge in [0.15, 0.2) is 0 Å². The van der Waals surface area contributed by atoms with Crippen LogP contribution in [0, 0.1) is 6.92 Å². The maximum atomic E-state index is 5.98. The van der Waals surface area contributed by atoms with Crippen molar-refractivity contribution in [3.63, 3.8) is 0 Å². The van der Waals surface area contributed by atoms with Gasteiger partial charge < -0.3 is 4.74 Å². The van der Waals surface area contributed by atoms with Gasteiger partial charge in [0.2, 0.25) is 0 Å². The summed E-state index contributed by atoms with van der Waals surface area (Å²) in [7, 11) is 1.72. The molecule has 1 aliphatic heterocycles. The standard InChI is InChI=1S/C16H21ClN4O/c1-11-18-16-14(4-3-9-21(16)20-11)19-15(10-22-2)12-5-7-13(17)8-6-12/h5-8,14-15,19H,3-4,9-10H2,1-2H3/t14-,15+/m0/s1. The van der Waals surface area contributed by atoms with Gasteiger partial charge in [0.25, 0.3) is 0 Å². The third-order valence-electron chi connectivity index (χ3n) is 3.99. The van der Waals surface area contributed by atoms with Crippen LogP contribution in [0.1, 0.15) is 42.1 Å². The van der Waals surface area contributed by atoms with E-state index >= 15 is 0 Å². The molecule has 0 amide bonds. The molecule has 2 heterocycles. The molecule has 2 atom stereocenters. The summed E-state index contributed by atoms with van der Waals surface area (Å²) in [6, 6.07) is 8.21. The third-order valence-corrected chi connectivity index (χ3v) is 4.24. The van der Waals surface area contributed by atoms with Gasteiger partial charge in [-0.05, 0) is 37.5 Å². The molecule has 5 nitrogen and oxygen atoms in total. The zero-order chi connectivity index (χ0) is 15.5. The van der Waals surface area contributed by atoms with Crippen LogP contribution in [-0.4, -0.2) is 28.5 Å². The lowest BCUT2D eigenvalue weighted by Crippen LogP contribution is -2.33. The number of aromatic nitrogens is 3. The van der Waals surface area contributed by atoms with E-state index in [1.807, 2.05) is 35.9 Å². The molecule has 22 heavy (non-hydrogen) atoms. The summed E-state index contributed by atoms with van der Waals surface area (Å²) < 4.78 is 7.40. The molecule has 2 aromatic rings. The van der Waals surface area contributed by atoms with Crippen molar-refractivity contribution in [2.45, 2.75) is 38.4 Å². The summed E-state index contributed by atoms with van der Waals surface area (Å²) in [5.74, 6) is 1.86. The Balaban J connectivity index is 1.81. The monoisotopic (exact) mass is 320 g/mol. The van der Waals surface area contributed by atoms with Crippen molar-refractivity contribution in [1.82, 2.24) is 20.1 Å². The highest BCUT2D eigenvalue weighted by molar-refractivity contribution is 6.30. The highest BCUT2D eigenvalue weighted by Gasteiger charge is 2.26. The SMILES string of the molecule is COC[C@@H](N[C@H]1CCCn2nc(C)nc21)c1ccc(Cl)cc1. The van der Waals surface area contributed by atoms with Gasteiger partial charge >= 0.3 is 0 Å². The Morgan fingerprint density at radius 2 is 2.18 bits per heavy atom. The number of rotatable bonds is 5. The summed E-state index contributed by atoms with van der Waals surface area (Å²) in [5, 5.41) is 8.87. The van der Waals surface area contributed by atoms with Crippen molar-refractivity contribution >= 4 is 11.6 Å². The Hall–Kier alpha value is -1.43. The Morgan fingerprint density at radius 3 is 2.91 bits per heavy atom. The van der Waals surface area contributed by atoms with E-state index < -0.39 is 0 Å². The van der Waals surface area contributed by atoms with Crippen molar-refractivity contribution in [2.24, 2.45) is 0 Å². The number of benzene rings is 1. The average Bonchev–Trinajstić information content (AvgIpc) is 2.89. The van der Waals surface area contributed by atoms with Gasteiger partial charge in [-0.15, -0.1) is 0 Å². The van der Waals surface area contributed by atoms with Gasteiger partial charge in [-0.3, -0.25) is 5.32 Å². The van der Waals surface area contributed by atoms with Crippen LogP contribution in [0.25, 0.3) is 0 Å². The first kappa shape index (κ1) is 15.5. The maximum Gasteiger partial charge on any atom is 0.147 e. The van der Waals surface area contributed by atoms with E-state index in [1.54, 1.807) is 7.11 Å². The molecule has 0 unspecified atom stereocenters. The lowest BCUT2D eigenvalue weighted by molar-refractivity contribution is 0.156. The molecule has 0 radical (unpaired) electrons. The fourth-order valence-corrected chi connectivity index (χ4v) is 3.10. The minimum Gasteiger partial charge on any atom is -0.383 e. The number of ether oxygens (including phenoxy) is 1. The van der Waals surface area contributed by atoms with E-state index in [0.29, 0.717) is 6.61 Å². The smallest absolute Gasteiger partial charge is 0.147 e. The Bertz CT molecular complexity index is 626. The molecule has 0 aliphatic carbocycles. The van der Waals surface area contributed by atoms with E-state index in [4.69, 9.17) is 16.3 Å². The van der Waals surface area contributed by atoms with Crippen LogP contribution in [0.4, 0.5) is 0 Å². The third kappa shape index (κ3) is 3.32. The lowest BCUT2D eigenvalue weighted by atomic mass is 10.0. The highest BCUT2D eigenvalue weighted by Crippen LogP contribution is 2.27. The molecule has 0 saturated carbocycles. The molecule has 0 bridgehead atoms. The number of hydrogen-bond donors (Lipinski definition) is 1. The Kier molecular flexibility index (Phi) is 4.76. The first-order valence-corrected chi connectivity index (χ1v) is 7.97. The molecule has 118 valence electrons. The molecule has 0 saturated heterocycles. The molecule has 1 aliphatic rings. The van der Waals surface area contributed by atoms with Gasteiger partial charge in [0.1, 0.15) is 11.6 Å². The molecule has 1 aromatic heterocycles. The van der Waals surface area contributed by atoms with Crippen molar-refractivity contribution in [3.8, 4) is 0 Å². The van der Waals surface area contributed by atoms with Crippen LogP contribution < -0.4 is 5.32 Å². The average molecular weight is 321 g/mol. The number of aryl methyl sites for hydroxylation is 2. The van der Waals surface area contributed by atoms with Crippen molar-refractivity contribution < 1.29 is 4.74 Å². The van der Waals surface area contributed by atoms with Crippen molar-refractivity contribution in [3.05, 3.63) is 46.5 Å². The minimum atomic E-state index is 0.107. The lowest BCUT2D eigenvalue weighted by Gasteiger charge is -2.28. The van der Waals surface area contributed by atoms with Crippen LogP contribution in [-0.2, 0) is 11.3 Å². The summed E-state index contributed by atoms with van der Waals surface area (Å²) in [5.41, 5.74) is 1.17. The molecule has 0 fully saturated rings. The predicted octanol–water partition coefficient (Wildman–Crippen LogP) is 3.05. The van der Waals surface area contributed by atoms with Gasteiger partial charge in [-0.2, -0.15) is 5.10 Å². The second-order valence-electron chi connectivity index (χ2n) is 5.66. The van der Waals surface area contributed by atoms with Crippen LogP contribution in [0.2, 0.25) is 5.02 Å².